The van der Waals surface area contributed by atoms with E-state index < -0.39 is 0 Å². The molecule has 0 N–H and O–H groups in total. The van der Waals surface area contributed by atoms with Crippen LogP contribution in [0.15, 0.2) is 29.6 Å². The molecule has 1 aromatic heterocycles. The molecule has 2 heterocycles. The first-order chi connectivity index (χ1) is 10.2. The van der Waals surface area contributed by atoms with Gasteiger partial charge < -0.3 is 4.74 Å². The first-order valence-electron chi connectivity index (χ1n) is 7.07. The van der Waals surface area contributed by atoms with Crippen molar-refractivity contribution in [3.63, 3.8) is 0 Å². The van der Waals surface area contributed by atoms with Crippen LogP contribution in [0.2, 0.25) is 0 Å². The predicted molar refractivity (Wildman–Crippen MR) is 83.6 cm³/mol. The van der Waals surface area contributed by atoms with Gasteiger partial charge in [0.15, 0.2) is 0 Å². The van der Waals surface area contributed by atoms with Crippen molar-refractivity contribution in [1.82, 2.24) is 9.88 Å². The number of thiazole rings is 1. The van der Waals surface area contributed by atoms with Gasteiger partial charge in [0, 0.05) is 43.4 Å². The second-order valence-electron chi connectivity index (χ2n) is 5.19. The number of benzene rings is 1. The van der Waals surface area contributed by atoms with Crippen LogP contribution in [0.1, 0.15) is 18.5 Å². The van der Waals surface area contributed by atoms with Gasteiger partial charge in [0.2, 0.25) is 0 Å². The van der Waals surface area contributed by atoms with Crippen molar-refractivity contribution in [1.29, 1.82) is 0 Å². The maximum Gasteiger partial charge on any atom is 0.135 e. The van der Waals surface area contributed by atoms with Crippen molar-refractivity contribution in [3.05, 3.63) is 35.3 Å². The average molecular weight is 302 g/mol. The van der Waals surface area contributed by atoms with Crippen LogP contribution in [0.5, 0.6) is 5.75 Å². The minimum absolute atomic E-state index is 0.376. The van der Waals surface area contributed by atoms with Gasteiger partial charge in [0.25, 0.3) is 0 Å². The quantitative estimate of drug-likeness (QED) is 0.871. The Balaban J connectivity index is 1.69. The van der Waals surface area contributed by atoms with E-state index in [9.17, 15) is 4.79 Å². The van der Waals surface area contributed by atoms with Crippen molar-refractivity contribution >= 4 is 17.1 Å². The topological polar surface area (TPSA) is 42.4 Å². The third kappa shape index (κ3) is 3.49. The van der Waals surface area contributed by atoms with Crippen LogP contribution in [0, 0.1) is 0 Å². The molecule has 1 aliphatic heterocycles. The molecule has 1 fully saturated rings. The Kier molecular flexibility index (Phi) is 4.31. The Morgan fingerprint density at radius 1 is 1.33 bits per heavy atom. The lowest BCUT2D eigenvalue weighted by Crippen LogP contribution is -2.33. The fraction of sp³-hybridized carbons (Fsp3) is 0.375. The smallest absolute Gasteiger partial charge is 0.135 e. The summed E-state index contributed by atoms with van der Waals surface area (Å²) in [4.78, 5) is 18.3. The standard InChI is InChI=1S/C16H18N2O2S/c1-20-15-4-2-3-12(9-15)16-17-13(11-21-16)10-18-7-5-14(19)6-8-18/h2-4,9,11H,5-8,10H2,1H3. The molecule has 0 radical (unpaired) electrons. The molecule has 0 aliphatic carbocycles. The minimum Gasteiger partial charge on any atom is -0.497 e. The molecule has 3 rings (SSSR count). The highest BCUT2D eigenvalue weighted by molar-refractivity contribution is 7.13. The van der Waals surface area contributed by atoms with Gasteiger partial charge in [-0.3, -0.25) is 9.69 Å². The van der Waals surface area contributed by atoms with E-state index in [1.165, 1.54) is 0 Å². The molecule has 0 saturated carbocycles. The Labute approximate surface area is 128 Å². The third-order valence-electron chi connectivity index (χ3n) is 3.67. The van der Waals surface area contributed by atoms with Crippen molar-refractivity contribution in [2.45, 2.75) is 19.4 Å². The maximum absolute atomic E-state index is 11.3. The number of ether oxygens (including phenoxy) is 1. The van der Waals surface area contributed by atoms with E-state index in [0.29, 0.717) is 18.6 Å². The van der Waals surface area contributed by atoms with Crippen LogP contribution in [0.3, 0.4) is 0 Å². The summed E-state index contributed by atoms with van der Waals surface area (Å²) in [6, 6.07) is 7.96. The number of Topliss-reactive ketones (excluding diaryl/α,β-unsaturated/α-hetero) is 1. The number of carbonyl (C=O) groups is 1. The summed E-state index contributed by atoms with van der Waals surface area (Å²) in [5, 5.41) is 3.11. The number of hydrogen-bond acceptors (Lipinski definition) is 5. The SMILES string of the molecule is COc1cccc(-c2nc(CN3CCC(=O)CC3)cs2)c1. The van der Waals surface area contributed by atoms with Crippen LogP contribution in [-0.2, 0) is 11.3 Å². The normalized spacial score (nSPS) is 16.1. The van der Waals surface area contributed by atoms with E-state index in [-0.39, 0.29) is 0 Å². The van der Waals surface area contributed by atoms with Crippen molar-refractivity contribution in [2.75, 3.05) is 20.2 Å². The fourth-order valence-electron chi connectivity index (χ4n) is 2.46. The van der Waals surface area contributed by atoms with E-state index in [4.69, 9.17) is 9.72 Å². The Bertz CT molecular complexity index is 629. The molecular weight excluding hydrogens is 284 g/mol. The molecule has 1 aliphatic rings. The summed E-state index contributed by atoms with van der Waals surface area (Å²) in [5.74, 6) is 1.22. The largest absolute Gasteiger partial charge is 0.497 e. The lowest BCUT2D eigenvalue weighted by molar-refractivity contribution is -0.121. The molecule has 21 heavy (non-hydrogen) atoms. The van der Waals surface area contributed by atoms with Crippen LogP contribution in [0.4, 0.5) is 0 Å². The van der Waals surface area contributed by atoms with E-state index in [1.54, 1.807) is 18.4 Å². The van der Waals surface area contributed by atoms with Gasteiger partial charge in [-0.2, -0.15) is 0 Å². The van der Waals surface area contributed by atoms with Crippen molar-refractivity contribution < 1.29 is 9.53 Å². The van der Waals surface area contributed by atoms with Crippen LogP contribution < -0.4 is 4.74 Å². The van der Waals surface area contributed by atoms with Gasteiger partial charge in [-0.15, -0.1) is 11.3 Å². The van der Waals surface area contributed by atoms with Crippen LogP contribution >= 0.6 is 11.3 Å². The molecule has 1 saturated heterocycles. The predicted octanol–water partition coefficient (Wildman–Crippen LogP) is 2.98. The van der Waals surface area contributed by atoms with E-state index in [0.717, 1.165) is 41.6 Å². The third-order valence-corrected chi connectivity index (χ3v) is 4.61. The zero-order valence-corrected chi connectivity index (χ0v) is 12.9. The monoisotopic (exact) mass is 302 g/mol. The van der Waals surface area contributed by atoms with Crippen LogP contribution in [-0.4, -0.2) is 35.9 Å². The second-order valence-corrected chi connectivity index (χ2v) is 6.05. The molecular formula is C16H18N2O2S. The number of likely N-dealkylation sites (tertiary alicyclic amines) is 1. The number of aromatic nitrogens is 1. The molecule has 5 heteroatoms. The van der Waals surface area contributed by atoms with E-state index >= 15 is 0 Å². The van der Waals surface area contributed by atoms with Gasteiger partial charge in [-0.25, -0.2) is 4.98 Å². The molecule has 110 valence electrons. The molecule has 0 bridgehead atoms. The highest BCUT2D eigenvalue weighted by atomic mass is 32.1. The van der Waals surface area contributed by atoms with Crippen molar-refractivity contribution in [3.8, 4) is 16.3 Å². The highest BCUT2D eigenvalue weighted by Crippen LogP contribution is 2.27. The summed E-state index contributed by atoms with van der Waals surface area (Å²) in [6.07, 6.45) is 1.35. The van der Waals surface area contributed by atoms with Gasteiger partial charge in [0.1, 0.15) is 16.5 Å². The lowest BCUT2D eigenvalue weighted by Gasteiger charge is -2.24. The zero-order chi connectivity index (χ0) is 14.7. The first-order valence-corrected chi connectivity index (χ1v) is 7.95. The molecule has 0 amide bonds. The molecule has 1 aromatic carbocycles. The molecule has 0 unspecified atom stereocenters. The summed E-state index contributed by atoms with van der Waals surface area (Å²) < 4.78 is 5.25. The Morgan fingerprint density at radius 3 is 2.90 bits per heavy atom. The van der Waals surface area contributed by atoms with Gasteiger partial charge in [-0.1, -0.05) is 12.1 Å². The summed E-state index contributed by atoms with van der Waals surface area (Å²) >= 11 is 1.65. The number of nitrogens with zero attached hydrogens (tertiary/aromatic N) is 2. The minimum atomic E-state index is 0.376. The summed E-state index contributed by atoms with van der Waals surface area (Å²) in [5.41, 5.74) is 2.16. The second kappa shape index (κ2) is 6.37. The van der Waals surface area contributed by atoms with Gasteiger partial charge in [0.05, 0.1) is 12.8 Å². The molecule has 4 nitrogen and oxygen atoms in total. The maximum atomic E-state index is 11.3. The van der Waals surface area contributed by atoms with Crippen molar-refractivity contribution in [2.24, 2.45) is 0 Å². The average Bonchev–Trinajstić information content (AvgIpc) is 2.98. The first kappa shape index (κ1) is 14.2. The number of piperidine rings is 1. The Hall–Kier alpha value is -1.72. The van der Waals surface area contributed by atoms with Gasteiger partial charge in [-0.05, 0) is 12.1 Å². The number of hydrogen-bond donors (Lipinski definition) is 0. The van der Waals surface area contributed by atoms with Gasteiger partial charge >= 0.3 is 0 Å². The number of rotatable bonds is 4. The fourth-order valence-corrected chi connectivity index (χ4v) is 3.27. The number of ketones is 1. The molecule has 0 spiro atoms. The van der Waals surface area contributed by atoms with Crippen LogP contribution in [0.25, 0.3) is 10.6 Å². The summed E-state index contributed by atoms with van der Waals surface area (Å²) in [7, 11) is 1.67. The molecule has 0 atom stereocenters. The summed E-state index contributed by atoms with van der Waals surface area (Å²) in [6.45, 7) is 2.53. The van der Waals surface area contributed by atoms with E-state index in [1.807, 2.05) is 24.3 Å². The zero-order valence-electron chi connectivity index (χ0n) is 12.0. The number of methoxy groups -OCH3 is 1. The Morgan fingerprint density at radius 2 is 2.14 bits per heavy atom. The lowest BCUT2D eigenvalue weighted by atomic mass is 10.1. The van der Waals surface area contributed by atoms with E-state index in [2.05, 4.69) is 10.3 Å². The number of carbonyl (C=O) groups excluding carboxylic acids is 1. The molecule has 2 aromatic rings. The highest BCUT2D eigenvalue weighted by Gasteiger charge is 2.17.